The Morgan fingerprint density at radius 1 is 1.19 bits per heavy atom. The van der Waals surface area contributed by atoms with Crippen molar-refractivity contribution in [3.63, 3.8) is 0 Å². The maximum Gasteiger partial charge on any atom is 0.322 e. The molecule has 3 aromatic rings. The largest absolute Gasteiger partial charge is 0.497 e. The summed E-state index contributed by atoms with van der Waals surface area (Å²) in [6.45, 7) is 8.49. The standard InChI is InChI=1S/C23H30N6O2/c1-13(2)18-12-25-29-21(18)27-23(31-20-9-16-10-24-11-19(16)20)28-22(29)26-14(3)15-6-5-7-17(8-15)30-4/h5-8,12-14,16,19-20,24H,9-11H2,1-4H3,(H,26,27,28)/t14-,16?,19?,20?/m0/s1. The number of benzene rings is 1. The Balaban J connectivity index is 1.46. The monoisotopic (exact) mass is 422 g/mol. The number of ether oxygens (including phenoxy) is 2. The molecular formula is C23H30N6O2. The van der Waals surface area contributed by atoms with Gasteiger partial charge in [-0.15, -0.1) is 0 Å². The molecule has 2 aliphatic rings. The second-order valence-electron chi connectivity index (χ2n) is 8.94. The van der Waals surface area contributed by atoms with Crippen LogP contribution in [0.1, 0.15) is 50.3 Å². The minimum Gasteiger partial charge on any atom is -0.497 e. The van der Waals surface area contributed by atoms with Gasteiger partial charge in [0, 0.05) is 18.0 Å². The Labute approximate surface area is 182 Å². The minimum absolute atomic E-state index is 0.000125. The molecule has 0 radical (unpaired) electrons. The molecule has 2 N–H and O–H groups in total. The van der Waals surface area contributed by atoms with E-state index in [-0.39, 0.29) is 12.1 Å². The third kappa shape index (κ3) is 3.69. The van der Waals surface area contributed by atoms with Gasteiger partial charge in [-0.2, -0.15) is 19.6 Å². The van der Waals surface area contributed by atoms with Crippen LogP contribution in [-0.4, -0.2) is 45.9 Å². The van der Waals surface area contributed by atoms with Gasteiger partial charge in [0.1, 0.15) is 11.9 Å². The van der Waals surface area contributed by atoms with Crippen molar-refractivity contribution < 1.29 is 9.47 Å². The van der Waals surface area contributed by atoms with E-state index in [0.29, 0.717) is 23.8 Å². The van der Waals surface area contributed by atoms with Gasteiger partial charge in [-0.3, -0.25) is 0 Å². The maximum absolute atomic E-state index is 6.28. The first-order valence-corrected chi connectivity index (χ1v) is 11.1. The fraction of sp³-hybridized carbons (Fsp3) is 0.522. The number of hydrogen-bond acceptors (Lipinski definition) is 7. The quantitative estimate of drug-likeness (QED) is 0.603. The van der Waals surface area contributed by atoms with Crippen molar-refractivity contribution in [1.29, 1.82) is 0 Å². The Kier molecular flexibility index (Phi) is 5.17. The van der Waals surface area contributed by atoms with Crippen molar-refractivity contribution in [2.45, 2.75) is 45.3 Å². The fourth-order valence-electron chi connectivity index (χ4n) is 4.61. The Hall–Kier alpha value is -2.87. The van der Waals surface area contributed by atoms with Gasteiger partial charge >= 0.3 is 6.01 Å². The summed E-state index contributed by atoms with van der Waals surface area (Å²) in [6, 6.07) is 8.45. The molecule has 2 aromatic heterocycles. The first-order chi connectivity index (χ1) is 15.0. The highest BCUT2D eigenvalue weighted by Gasteiger charge is 2.46. The summed E-state index contributed by atoms with van der Waals surface area (Å²) >= 11 is 0. The van der Waals surface area contributed by atoms with Gasteiger partial charge in [0.25, 0.3) is 0 Å². The van der Waals surface area contributed by atoms with E-state index in [2.05, 4.69) is 42.6 Å². The highest BCUT2D eigenvalue weighted by Crippen LogP contribution is 2.39. The molecule has 0 spiro atoms. The SMILES string of the molecule is COc1cccc([C@H](C)Nc2nc(OC3CC4CNCC43)nc3c(C(C)C)cnn23)c1. The van der Waals surface area contributed by atoms with Gasteiger partial charge in [-0.1, -0.05) is 26.0 Å². The summed E-state index contributed by atoms with van der Waals surface area (Å²) in [5.74, 6) is 3.04. The smallest absolute Gasteiger partial charge is 0.322 e. The molecule has 164 valence electrons. The van der Waals surface area contributed by atoms with E-state index in [4.69, 9.17) is 19.4 Å². The fourth-order valence-corrected chi connectivity index (χ4v) is 4.61. The van der Waals surface area contributed by atoms with Gasteiger partial charge in [0.2, 0.25) is 5.95 Å². The van der Waals surface area contributed by atoms with Crippen molar-refractivity contribution in [3.8, 4) is 11.8 Å². The van der Waals surface area contributed by atoms with E-state index < -0.39 is 0 Å². The van der Waals surface area contributed by atoms with E-state index in [0.717, 1.165) is 48.0 Å². The Morgan fingerprint density at radius 2 is 2.06 bits per heavy atom. The van der Waals surface area contributed by atoms with Crippen molar-refractivity contribution in [2.24, 2.45) is 11.8 Å². The van der Waals surface area contributed by atoms with Crippen LogP contribution in [0.25, 0.3) is 5.65 Å². The molecule has 4 atom stereocenters. The number of rotatable bonds is 7. The Morgan fingerprint density at radius 3 is 2.84 bits per heavy atom. The second-order valence-corrected chi connectivity index (χ2v) is 8.94. The summed E-state index contributed by atoms with van der Waals surface area (Å²) in [5, 5.41) is 11.5. The highest BCUT2D eigenvalue weighted by atomic mass is 16.5. The number of fused-ring (bicyclic) bond motifs is 2. The van der Waals surface area contributed by atoms with Crippen LogP contribution in [0.3, 0.4) is 0 Å². The molecule has 31 heavy (non-hydrogen) atoms. The molecule has 0 bridgehead atoms. The molecular weight excluding hydrogens is 392 g/mol. The van der Waals surface area contributed by atoms with Crippen molar-refractivity contribution in [3.05, 3.63) is 41.6 Å². The molecule has 1 aromatic carbocycles. The van der Waals surface area contributed by atoms with Crippen molar-refractivity contribution in [2.75, 3.05) is 25.5 Å². The normalized spacial score (nSPS) is 23.5. The van der Waals surface area contributed by atoms with Crippen LogP contribution in [0.5, 0.6) is 11.8 Å². The van der Waals surface area contributed by atoms with Gasteiger partial charge < -0.3 is 20.1 Å². The first-order valence-electron chi connectivity index (χ1n) is 11.1. The second kappa shape index (κ2) is 8.00. The summed E-state index contributed by atoms with van der Waals surface area (Å²) in [5.41, 5.74) is 2.97. The van der Waals surface area contributed by atoms with E-state index in [9.17, 15) is 0 Å². The molecule has 1 saturated carbocycles. The lowest BCUT2D eigenvalue weighted by molar-refractivity contribution is 0.0100. The van der Waals surface area contributed by atoms with E-state index in [1.54, 1.807) is 11.6 Å². The molecule has 8 heteroatoms. The van der Waals surface area contributed by atoms with Crippen LogP contribution in [0.2, 0.25) is 0 Å². The van der Waals surface area contributed by atoms with Gasteiger partial charge in [0.15, 0.2) is 5.65 Å². The zero-order valence-corrected chi connectivity index (χ0v) is 18.5. The minimum atomic E-state index is -0.000125. The van der Waals surface area contributed by atoms with Crippen molar-refractivity contribution >= 4 is 11.6 Å². The van der Waals surface area contributed by atoms with Crippen LogP contribution in [0.4, 0.5) is 5.95 Å². The molecule has 1 aliphatic carbocycles. The van der Waals surface area contributed by atoms with Gasteiger partial charge in [-0.25, -0.2) is 0 Å². The van der Waals surface area contributed by atoms with Crippen LogP contribution in [0.15, 0.2) is 30.5 Å². The molecule has 3 heterocycles. The summed E-state index contributed by atoms with van der Waals surface area (Å²) in [7, 11) is 1.68. The number of anilines is 1. The zero-order chi connectivity index (χ0) is 21.5. The lowest BCUT2D eigenvalue weighted by Gasteiger charge is -2.38. The number of nitrogens with zero attached hydrogens (tertiary/aromatic N) is 4. The zero-order valence-electron chi connectivity index (χ0n) is 18.5. The van der Waals surface area contributed by atoms with Crippen LogP contribution < -0.4 is 20.1 Å². The van der Waals surface area contributed by atoms with E-state index in [1.807, 2.05) is 24.4 Å². The predicted molar refractivity (Wildman–Crippen MR) is 119 cm³/mol. The topological polar surface area (TPSA) is 85.6 Å². The van der Waals surface area contributed by atoms with Crippen LogP contribution in [0, 0.1) is 11.8 Å². The average molecular weight is 423 g/mol. The molecule has 1 saturated heterocycles. The summed E-state index contributed by atoms with van der Waals surface area (Å²) in [4.78, 5) is 9.47. The molecule has 1 aliphatic heterocycles. The lowest BCUT2D eigenvalue weighted by atomic mass is 9.73. The third-order valence-corrected chi connectivity index (χ3v) is 6.60. The van der Waals surface area contributed by atoms with E-state index in [1.165, 1.54) is 0 Å². The average Bonchev–Trinajstić information content (AvgIpc) is 3.35. The maximum atomic E-state index is 6.28. The summed E-state index contributed by atoms with van der Waals surface area (Å²) in [6.07, 6.45) is 3.11. The first kappa shape index (κ1) is 20.1. The summed E-state index contributed by atoms with van der Waals surface area (Å²) < 4.78 is 13.4. The Bertz CT molecular complexity index is 1080. The molecule has 3 unspecified atom stereocenters. The van der Waals surface area contributed by atoms with Crippen LogP contribution >= 0.6 is 0 Å². The molecule has 0 amide bonds. The van der Waals surface area contributed by atoms with Crippen molar-refractivity contribution in [1.82, 2.24) is 24.9 Å². The molecule has 2 fully saturated rings. The highest BCUT2D eigenvalue weighted by molar-refractivity contribution is 5.53. The van der Waals surface area contributed by atoms with E-state index >= 15 is 0 Å². The number of hydrogen-bond donors (Lipinski definition) is 2. The lowest BCUT2D eigenvalue weighted by Crippen LogP contribution is -2.44. The number of methoxy groups -OCH3 is 1. The van der Waals surface area contributed by atoms with Crippen LogP contribution in [-0.2, 0) is 0 Å². The number of aromatic nitrogens is 4. The molecule has 5 rings (SSSR count). The number of nitrogens with one attached hydrogen (secondary N) is 2. The molecule has 8 nitrogen and oxygen atoms in total. The predicted octanol–water partition coefficient (Wildman–Crippen LogP) is 3.42. The van der Waals surface area contributed by atoms with Gasteiger partial charge in [0.05, 0.1) is 19.3 Å². The van der Waals surface area contributed by atoms with Gasteiger partial charge in [-0.05, 0) is 49.4 Å². The third-order valence-electron chi connectivity index (χ3n) is 6.60.